The highest BCUT2D eigenvalue weighted by Gasteiger charge is 2.32. The van der Waals surface area contributed by atoms with Crippen LogP contribution in [0.3, 0.4) is 0 Å². The second-order valence-electron chi connectivity index (χ2n) is 3.88. The Morgan fingerprint density at radius 2 is 2.00 bits per heavy atom. The van der Waals surface area contributed by atoms with Gasteiger partial charge in [0.05, 0.1) is 11.3 Å². The van der Waals surface area contributed by atoms with Crippen LogP contribution in [0, 0.1) is 6.92 Å². The van der Waals surface area contributed by atoms with Crippen molar-refractivity contribution in [1.29, 1.82) is 0 Å². The zero-order chi connectivity index (χ0) is 13.5. The van der Waals surface area contributed by atoms with E-state index in [9.17, 15) is 18.0 Å². The van der Waals surface area contributed by atoms with Crippen molar-refractivity contribution in [2.75, 3.05) is 0 Å². The van der Waals surface area contributed by atoms with Crippen molar-refractivity contribution in [3.8, 4) is 11.3 Å². The minimum Gasteiger partial charge on any atom is -0.300 e. The molecule has 2 aromatic heterocycles. The van der Waals surface area contributed by atoms with E-state index in [4.69, 9.17) is 0 Å². The van der Waals surface area contributed by atoms with Crippen LogP contribution in [0.2, 0.25) is 0 Å². The van der Waals surface area contributed by atoms with Crippen molar-refractivity contribution < 1.29 is 13.2 Å². The van der Waals surface area contributed by atoms with E-state index in [1.807, 2.05) is 0 Å². The van der Waals surface area contributed by atoms with Gasteiger partial charge in [0.1, 0.15) is 5.69 Å². The number of aryl methyl sites for hydroxylation is 2. The molecule has 18 heavy (non-hydrogen) atoms. The Balaban J connectivity index is 2.62. The molecule has 0 amide bonds. The van der Waals surface area contributed by atoms with Crippen molar-refractivity contribution in [2.45, 2.75) is 13.1 Å². The largest absolute Gasteiger partial charge is 0.433 e. The highest BCUT2D eigenvalue weighted by molar-refractivity contribution is 5.60. The summed E-state index contributed by atoms with van der Waals surface area (Å²) >= 11 is 0. The average molecular weight is 257 g/mol. The minimum absolute atomic E-state index is 0.0178. The lowest BCUT2D eigenvalue weighted by Gasteiger charge is -2.06. The summed E-state index contributed by atoms with van der Waals surface area (Å²) in [5.41, 5.74) is -0.760. The van der Waals surface area contributed by atoms with Crippen LogP contribution in [0.15, 0.2) is 23.0 Å². The summed E-state index contributed by atoms with van der Waals surface area (Å²) in [5.74, 6) is 0. The quantitative estimate of drug-likeness (QED) is 0.850. The van der Waals surface area contributed by atoms with Gasteiger partial charge in [-0.25, -0.2) is 4.98 Å². The first-order chi connectivity index (χ1) is 8.30. The molecule has 7 heteroatoms. The molecule has 96 valence electrons. The van der Waals surface area contributed by atoms with Crippen LogP contribution in [0.1, 0.15) is 11.4 Å². The summed E-state index contributed by atoms with van der Waals surface area (Å²) in [6.45, 7) is 1.61. The first kappa shape index (κ1) is 12.4. The molecule has 0 saturated heterocycles. The van der Waals surface area contributed by atoms with Gasteiger partial charge in [0.25, 0.3) is 5.56 Å². The van der Waals surface area contributed by atoms with Gasteiger partial charge in [0.2, 0.25) is 0 Å². The van der Waals surface area contributed by atoms with Crippen LogP contribution in [-0.2, 0) is 13.2 Å². The molecule has 0 aliphatic carbocycles. The van der Waals surface area contributed by atoms with E-state index < -0.39 is 17.4 Å². The number of aromatic nitrogens is 3. The number of alkyl halides is 3. The lowest BCUT2D eigenvalue weighted by molar-refractivity contribution is -0.141. The molecule has 0 fully saturated rings. The van der Waals surface area contributed by atoms with Crippen LogP contribution < -0.4 is 5.56 Å². The Kier molecular flexibility index (Phi) is 2.76. The minimum atomic E-state index is -4.52. The van der Waals surface area contributed by atoms with E-state index >= 15 is 0 Å². The van der Waals surface area contributed by atoms with Crippen molar-refractivity contribution in [1.82, 2.24) is 14.8 Å². The fraction of sp³-hybridized carbons (Fsp3) is 0.273. The maximum atomic E-state index is 12.5. The Bertz CT molecular complexity index is 640. The van der Waals surface area contributed by atoms with Gasteiger partial charge in [-0.2, -0.15) is 13.2 Å². The van der Waals surface area contributed by atoms with Gasteiger partial charge in [-0.3, -0.25) is 14.6 Å². The smallest absolute Gasteiger partial charge is 0.300 e. The molecule has 2 rings (SSSR count). The maximum Gasteiger partial charge on any atom is 0.433 e. The monoisotopic (exact) mass is 257 g/mol. The molecule has 2 aromatic rings. The molecule has 0 bridgehead atoms. The Hall–Kier alpha value is -2.05. The Labute approximate surface area is 100 Å². The van der Waals surface area contributed by atoms with Gasteiger partial charge >= 0.3 is 6.18 Å². The van der Waals surface area contributed by atoms with Crippen LogP contribution >= 0.6 is 0 Å². The number of aromatic amines is 1. The lowest BCUT2D eigenvalue weighted by Crippen LogP contribution is -2.14. The molecule has 4 nitrogen and oxygen atoms in total. The predicted octanol–water partition coefficient (Wildman–Crippen LogP) is 2.10. The highest BCUT2D eigenvalue weighted by Crippen LogP contribution is 2.29. The molecular formula is C11H10F3N3O. The SMILES string of the molecule is Cc1[nH]n(C)c(=O)c1-c1cccc(C(F)(F)F)n1. The normalized spacial score (nSPS) is 11.8. The second kappa shape index (κ2) is 4.01. The van der Waals surface area contributed by atoms with Crippen molar-refractivity contribution >= 4 is 0 Å². The summed E-state index contributed by atoms with van der Waals surface area (Å²) < 4.78 is 38.8. The van der Waals surface area contributed by atoms with Gasteiger partial charge in [-0.1, -0.05) is 6.07 Å². The third-order valence-electron chi connectivity index (χ3n) is 2.52. The molecule has 0 aliphatic heterocycles. The molecule has 0 radical (unpaired) electrons. The van der Waals surface area contributed by atoms with Crippen molar-refractivity contribution in [3.05, 3.63) is 39.9 Å². The standard InChI is InChI=1S/C11H10F3N3O/c1-6-9(10(18)17(2)16-6)7-4-3-5-8(15-7)11(12,13)14/h3-5,16H,1-2H3. The van der Waals surface area contributed by atoms with Gasteiger partial charge < -0.3 is 0 Å². The number of hydrogen-bond donors (Lipinski definition) is 1. The second-order valence-corrected chi connectivity index (χ2v) is 3.88. The van der Waals surface area contributed by atoms with Crippen molar-refractivity contribution in [3.63, 3.8) is 0 Å². The van der Waals surface area contributed by atoms with Gasteiger partial charge in [-0.05, 0) is 19.1 Å². The number of H-pyrrole nitrogens is 1. The summed E-state index contributed by atoms with van der Waals surface area (Å²) in [4.78, 5) is 15.3. The topological polar surface area (TPSA) is 50.7 Å². The van der Waals surface area contributed by atoms with Crippen LogP contribution in [-0.4, -0.2) is 14.8 Å². The third-order valence-corrected chi connectivity index (χ3v) is 2.52. The molecule has 0 unspecified atom stereocenters. The Morgan fingerprint density at radius 1 is 1.33 bits per heavy atom. The van der Waals surface area contributed by atoms with E-state index in [-0.39, 0.29) is 11.3 Å². The average Bonchev–Trinajstić information content (AvgIpc) is 2.52. The number of halogens is 3. The number of nitrogens with one attached hydrogen (secondary N) is 1. The van der Waals surface area contributed by atoms with E-state index in [0.717, 1.165) is 6.07 Å². The van der Waals surface area contributed by atoms with E-state index in [1.165, 1.54) is 23.9 Å². The van der Waals surface area contributed by atoms with Gasteiger partial charge in [0.15, 0.2) is 0 Å². The number of pyridine rings is 1. The molecule has 1 N–H and O–H groups in total. The molecule has 0 saturated carbocycles. The number of nitrogens with zero attached hydrogens (tertiary/aromatic N) is 2. The molecule has 0 spiro atoms. The molecule has 0 aliphatic rings. The maximum absolute atomic E-state index is 12.5. The van der Waals surface area contributed by atoms with Crippen molar-refractivity contribution in [2.24, 2.45) is 7.05 Å². The Morgan fingerprint density at radius 3 is 2.50 bits per heavy atom. The zero-order valence-electron chi connectivity index (χ0n) is 9.67. The van der Waals surface area contributed by atoms with Crippen LogP contribution in [0.25, 0.3) is 11.3 Å². The van der Waals surface area contributed by atoms with E-state index in [2.05, 4.69) is 10.1 Å². The molecule has 2 heterocycles. The van der Waals surface area contributed by atoms with Gasteiger partial charge in [-0.15, -0.1) is 0 Å². The zero-order valence-corrected chi connectivity index (χ0v) is 9.67. The fourth-order valence-corrected chi connectivity index (χ4v) is 1.72. The first-order valence-corrected chi connectivity index (χ1v) is 5.11. The van der Waals surface area contributed by atoms with Crippen LogP contribution in [0.4, 0.5) is 13.2 Å². The fourth-order valence-electron chi connectivity index (χ4n) is 1.72. The number of rotatable bonds is 1. The highest BCUT2D eigenvalue weighted by atomic mass is 19.4. The van der Waals surface area contributed by atoms with Gasteiger partial charge in [0, 0.05) is 12.7 Å². The summed E-state index contributed by atoms with van der Waals surface area (Å²) in [7, 11) is 1.49. The van der Waals surface area contributed by atoms with E-state index in [0.29, 0.717) is 5.69 Å². The molecule has 0 aromatic carbocycles. The number of hydrogen-bond acceptors (Lipinski definition) is 2. The summed E-state index contributed by atoms with van der Waals surface area (Å²) in [6, 6.07) is 3.49. The summed E-state index contributed by atoms with van der Waals surface area (Å²) in [6.07, 6.45) is -4.52. The molecular weight excluding hydrogens is 247 g/mol. The molecule has 0 atom stereocenters. The van der Waals surface area contributed by atoms with Crippen LogP contribution in [0.5, 0.6) is 0 Å². The van der Waals surface area contributed by atoms with E-state index in [1.54, 1.807) is 6.92 Å². The lowest BCUT2D eigenvalue weighted by atomic mass is 10.1. The third kappa shape index (κ3) is 2.03. The first-order valence-electron chi connectivity index (χ1n) is 5.11. The predicted molar refractivity (Wildman–Crippen MR) is 59.0 cm³/mol. The summed E-state index contributed by atoms with van der Waals surface area (Å²) in [5, 5.41) is 2.72.